The van der Waals surface area contributed by atoms with Crippen molar-refractivity contribution >= 4 is 5.95 Å². The van der Waals surface area contributed by atoms with Crippen molar-refractivity contribution in [3.8, 4) is 5.95 Å². The molecule has 0 aliphatic rings. The molecule has 0 amide bonds. The van der Waals surface area contributed by atoms with Crippen molar-refractivity contribution in [2.24, 2.45) is 0 Å². The van der Waals surface area contributed by atoms with E-state index in [2.05, 4.69) is 36.1 Å². The van der Waals surface area contributed by atoms with Crippen molar-refractivity contribution in [1.29, 1.82) is 0 Å². The van der Waals surface area contributed by atoms with Crippen molar-refractivity contribution in [3.63, 3.8) is 0 Å². The van der Waals surface area contributed by atoms with Crippen LogP contribution in [0.15, 0.2) is 0 Å². The fourth-order valence-corrected chi connectivity index (χ4v) is 0.583. The van der Waals surface area contributed by atoms with Crippen molar-refractivity contribution in [2.45, 2.75) is 0 Å². The van der Waals surface area contributed by atoms with E-state index in [1.807, 2.05) is 0 Å². The summed E-state index contributed by atoms with van der Waals surface area (Å²) in [6.07, 6.45) is 0. The first-order valence-corrected chi connectivity index (χ1v) is 2.65. The van der Waals surface area contributed by atoms with E-state index in [1.165, 1.54) is 0 Å². The quantitative estimate of drug-likeness (QED) is 0.434. The molecule has 0 fully saturated rings. The van der Waals surface area contributed by atoms with E-state index >= 15 is 0 Å². The number of aromatic amines is 1. The maximum absolute atomic E-state index is 5.34. The number of H-pyrrole nitrogens is 1. The molecule has 0 aliphatic carbocycles. The molecule has 2 aromatic heterocycles. The molecule has 2 heterocycles. The number of rotatable bonds is 1. The van der Waals surface area contributed by atoms with E-state index in [4.69, 9.17) is 5.73 Å². The first-order valence-electron chi connectivity index (χ1n) is 2.65. The van der Waals surface area contributed by atoms with Crippen LogP contribution in [0.1, 0.15) is 1.43 Å². The third kappa shape index (κ3) is 1.66. The normalized spacial score (nSPS) is 9.33. The van der Waals surface area contributed by atoms with Crippen LogP contribution in [0.3, 0.4) is 0 Å². The van der Waals surface area contributed by atoms with Crippen LogP contribution in [0.2, 0.25) is 0 Å². The zero-order chi connectivity index (χ0) is 7.68. The predicted octanol–water partition coefficient (Wildman–Crippen LogP) is -5.13. The number of nitrogens with two attached hydrogens (primary N) is 1. The van der Waals surface area contributed by atoms with Gasteiger partial charge in [0.25, 0.3) is 5.95 Å². The van der Waals surface area contributed by atoms with Gasteiger partial charge in [-0.15, -0.1) is 9.78 Å². The van der Waals surface area contributed by atoms with E-state index in [1.54, 1.807) is 0 Å². The minimum atomic E-state index is 0. The molecule has 0 saturated heterocycles. The molecule has 0 unspecified atom stereocenters. The second kappa shape index (κ2) is 4.00. The minimum absolute atomic E-state index is 0. The van der Waals surface area contributed by atoms with Crippen LogP contribution in [0.5, 0.6) is 0 Å². The van der Waals surface area contributed by atoms with Gasteiger partial charge in [0.2, 0.25) is 5.95 Å². The Kier molecular flexibility index (Phi) is 3.22. The third-order valence-corrected chi connectivity index (χ3v) is 1.02. The van der Waals surface area contributed by atoms with Gasteiger partial charge in [-0.1, -0.05) is 10.2 Å². The molecule has 9 nitrogen and oxygen atoms in total. The number of anilines is 1. The maximum atomic E-state index is 5.34. The fraction of sp³-hybridized carbons (Fsp3) is 0. The molecule has 0 aliphatic heterocycles. The molecule has 0 atom stereocenters. The third-order valence-electron chi connectivity index (χ3n) is 1.02. The topological polar surface area (TPSA) is 124 Å². The van der Waals surface area contributed by atoms with Crippen molar-refractivity contribution in [1.82, 2.24) is 40.8 Å². The van der Waals surface area contributed by atoms with Gasteiger partial charge in [0, 0.05) is 0 Å². The van der Waals surface area contributed by atoms with E-state index in [0.717, 1.165) is 4.68 Å². The maximum Gasteiger partial charge on any atom is 1.00 e. The summed E-state index contributed by atoms with van der Waals surface area (Å²) < 4.78 is 1.16. The Bertz CT molecular complexity index is 340. The number of nitrogens with zero attached hydrogens (tertiary/aromatic N) is 7. The SMILES string of the molecule is Nc1nnnn1-c1nn[nH]n1.[H-].[K+]. The summed E-state index contributed by atoms with van der Waals surface area (Å²) in [6.45, 7) is 0. The second-order valence-corrected chi connectivity index (χ2v) is 1.66. The Hall–Kier alpha value is -0.424. The first-order chi connectivity index (χ1) is 5.38. The molecule has 2 rings (SSSR count). The number of aromatic nitrogens is 8. The summed E-state index contributed by atoms with van der Waals surface area (Å²) in [5.41, 5.74) is 5.34. The van der Waals surface area contributed by atoms with Gasteiger partial charge >= 0.3 is 51.4 Å². The molecule has 58 valence electrons. The Morgan fingerprint density at radius 3 is 2.75 bits per heavy atom. The standard InChI is InChI=1S/C2H3N9.K.H/c3-1-4-9-10-11(1)2-5-7-8-6-2;;/h(H2,3,4,10)(H,5,6,7,8);;/q;+1;-1. The monoisotopic (exact) mass is 193 g/mol. The van der Waals surface area contributed by atoms with E-state index in [0.29, 0.717) is 0 Å². The Morgan fingerprint density at radius 2 is 2.25 bits per heavy atom. The molecule has 0 saturated carbocycles. The summed E-state index contributed by atoms with van der Waals surface area (Å²) in [6, 6.07) is 0. The van der Waals surface area contributed by atoms with E-state index < -0.39 is 0 Å². The van der Waals surface area contributed by atoms with Gasteiger partial charge < -0.3 is 7.16 Å². The van der Waals surface area contributed by atoms with Gasteiger partial charge in [-0.05, 0) is 15.6 Å². The van der Waals surface area contributed by atoms with E-state index in [-0.39, 0.29) is 64.7 Å². The molecule has 3 N–H and O–H groups in total. The van der Waals surface area contributed by atoms with Crippen LogP contribution in [-0.4, -0.2) is 40.8 Å². The molecule has 10 heteroatoms. The molecule has 0 radical (unpaired) electrons. The molecule has 0 spiro atoms. The van der Waals surface area contributed by atoms with Gasteiger partial charge in [-0.2, -0.15) is 5.21 Å². The number of nitrogen functional groups attached to an aromatic ring is 1. The van der Waals surface area contributed by atoms with Crippen LogP contribution >= 0.6 is 0 Å². The van der Waals surface area contributed by atoms with Crippen molar-refractivity contribution < 1.29 is 52.8 Å². The smallest absolute Gasteiger partial charge is 1.00 e. The van der Waals surface area contributed by atoms with Crippen molar-refractivity contribution in [3.05, 3.63) is 0 Å². The summed E-state index contributed by atoms with van der Waals surface area (Å²) in [4.78, 5) is 0. The molecule has 2 aromatic rings. The molecule has 12 heavy (non-hydrogen) atoms. The van der Waals surface area contributed by atoms with E-state index in [9.17, 15) is 0 Å². The molecule has 0 bridgehead atoms. The molecule has 0 aromatic carbocycles. The summed E-state index contributed by atoms with van der Waals surface area (Å²) in [5, 5.41) is 23.0. The van der Waals surface area contributed by atoms with Gasteiger partial charge in [-0.3, -0.25) is 0 Å². The summed E-state index contributed by atoms with van der Waals surface area (Å²) >= 11 is 0. The van der Waals surface area contributed by atoms with Crippen LogP contribution < -0.4 is 57.1 Å². The van der Waals surface area contributed by atoms with Gasteiger partial charge in [0.15, 0.2) is 0 Å². The van der Waals surface area contributed by atoms with Crippen LogP contribution in [0.4, 0.5) is 5.95 Å². The number of nitrogens with one attached hydrogen (secondary N) is 1. The first kappa shape index (κ1) is 9.66. The van der Waals surface area contributed by atoms with Crippen LogP contribution in [0.25, 0.3) is 5.95 Å². The number of hydrogen-bond donors (Lipinski definition) is 2. The van der Waals surface area contributed by atoms with Crippen LogP contribution in [0, 0.1) is 0 Å². The zero-order valence-corrected chi connectivity index (χ0v) is 9.33. The van der Waals surface area contributed by atoms with Gasteiger partial charge in [0.1, 0.15) is 0 Å². The number of tetrazole rings is 2. The largest absolute Gasteiger partial charge is 1.00 e. The average Bonchev–Trinajstić information content (AvgIpc) is 2.55. The van der Waals surface area contributed by atoms with Gasteiger partial charge in [0.05, 0.1) is 0 Å². The zero-order valence-electron chi connectivity index (χ0n) is 7.21. The average molecular weight is 193 g/mol. The fourth-order valence-electron chi connectivity index (χ4n) is 0.583. The van der Waals surface area contributed by atoms with Gasteiger partial charge in [-0.25, -0.2) is 0 Å². The molecular formula is C2H4KN9. The minimum Gasteiger partial charge on any atom is -1.00 e. The Morgan fingerprint density at radius 1 is 1.42 bits per heavy atom. The predicted molar refractivity (Wildman–Crippen MR) is 32.4 cm³/mol. The molecular weight excluding hydrogens is 189 g/mol. The number of hydrogen-bond acceptors (Lipinski definition) is 7. The second-order valence-electron chi connectivity index (χ2n) is 1.66. The Balaban J connectivity index is 0.000000720. The van der Waals surface area contributed by atoms with Crippen LogP contribution in [-0.2, 0) is 0 Å². The summed E-state index contributed by atoms with van der Waals surface area (Å²) in [7, 11) is 0. The van der Waals surface area contributed by atoms with Crippen molar-refractivity contribution in [2.75, 3.05) is 5.73 Å². The Labute approximate surface area is 110 Å². The summed E-state index contributed by atoms with van der Waals surface area (Å²) in [5.74, 6) is 0.332.